The van der Waals surface area contributed by atoms with Crippen LogP contribution in [0.25, 0.3) is 0 Å². The van der Waals surface area contributed by atoms with Gasteiger partial charge in [-0.25, -0.2) is 10.8 Å². The van der Waals surface area contributed by atoms with Crippen LogP contribution in [0.5, 0.6) is 0 Å². The molecule has 10 heteroatoms. The van der Waals surface area contributed by atoms with Crippen LogP contribution in [0.1, 0.15) is 12.1 Å². The fourth-order valence-corrected chi connectivity index (χ4v) is 1.39. The van der Waals surface area contributed by atoms with Crippen molar-refractivity contribution in [2.45, 2.75) is 13.3 Å². The number of carbonyl (C=O) groups excluding carboxylic acids is 1. The largest absolute Gasteiger partial charge is 0.364 e. The molecule has 0 aliphatic carbocycles. The lowest BCUT2D eigenvalue weighted by Gasteiger charge is -2.08. The second-order valence-electron chi connectivity index (χ2n) is 3.58. The second kappa shape index (κ2) is 6.44. The van der Waals surface area contributed by atoms with Crippen molar-refractivity contribution < 1.29 is 9.72 Å². The van der Waals surface area contributed by atoms with E-state index in [0.717, 1.165) is 0 Å². The number of aryl methyl sites for hydroxylation is 1. The van der Waals surface area contributed by atoms with Gasteiger partial charge in [-0.15, -0.1) is 0 Å². The molecule has 0 aliphatic rings. The van der Waals surface area contributed by atoms with Crippen molar-refractivity contribution in [2.24, 2.45) is 5.84 Å². The van der Waals surface area contributed by atoms with Crippen LogP contribution < -0.4 is 21.9 Å². The van der Waals surface area contributed by atoms with Crippen LogP contribution in [0.2, 0.25) is 0 Å². The summed E-state index contributed by atoms with van der Waals surface area (Å²) in [6, 6.07) is 0. The van der Waals surface area contributed by atoms with E-state index >= 15 is 0 Å². The zero-order valence-electron chi connectivity index (χ0n) is 10.6. The summed E-state index contributed by atoms with van der Waals surface area (Å²) in [5.74, 6) is 5.08. The number of hydrogen-bond acceptors (Lipinski definition) is 8. The minimum Gasteiger partial charge on any atom is -0.364 e. The molecule has 1 amide bonds. The van der Waals surface area contributed by atoms with E-state index in [1.54, 1.807) is 0 Å². The Bertz CT molecular complexity index is 491. The van der Waals surface area contributed by atoms with Gasteiger partial charge in [0.25, 0.3) is 0 Å². The van der Waals surface area contributed by atoms with E-state index in [-0.39, 0.29) is 42.0 Å². The lowest BCUT2D eigenvalue weighted by atomic mass is 10.3. The number of hydrogen-bond donors (Lipinski definition) is 4. The van der Waals surface area contributed by atoms with E-state index in [2.05, 4.69) is 26.0 Å². The fraction of sp³-hybridized carbons (Fsp3) is 0.444. The first-order valence-corrected chi connectivity index (χ1v) is 5.43. The molecule has 0 aliphatic heterocycles. The van der Waals surface area contributed by atoms with Crippen molar-refractivity contribution in [3.05, 3.63) is 15.8 Å². The smallest absolute Gasteiger partial charge is 0.332 e. The summed E-state index contributed by atoms with van der Waals surface area (Å²) in [6.45, 7) is 1.69. The van der Waals surface area contributed by atoms with Gasteiger partial charge in [0.05, 0.1) is 4.92 Å². The number of nitrogens with two attached hydrogens (primary N) is 1. The molecule has 19 heavy (non-hydrogen) atoms. The minimum atomic E-state index is -0.585. The van der Waals surface area contributed by atoms with Crippen LogP contribution in [0, 0.1) is 17.0 Å². The lowest BCUT2D eigenvalue weighted by Crippen LogP contribution is -2.21. The van der Waals surface area contributed by atoms with Crippen LogP contribution in [0.15, 0.2) is 0 Å². The molecule has 0 aromatic carbocycles. The van der Waals surface area contributed by atoms with E-state index in [0.29, 0.717) is 0 Å². The Morgan fingerprint density at radius 1 is 1.47 bits per heavy atom. The minimum absolute atomic E-state index is 0.0225. The number of aromatic nitrogens is 2. The Kier molecular flexibility index (Phi) is 4.94. The SMILES string of the molecule is CNC(=O)CCNc1nc(NN)nc(C)c1[N+](=O)[O-]. The Morgan fingerprint density at radius 2 is 2.16 bits per heavy atom. The molecule has 5 N–H and O–H groups in total. The number of anilines is 2. The predicted octanol–water partition coefficient (Wildman–Crippen LogP) is -0.473. The highest BCUT2D eigenvalue weighted by atomic mass is 16.6. The third kappa shape index (κ3) is 3.74. The van der Waals surface area contributed by atoms with Crippen LogP contribution in [0.3, 0.4) is 0 Å². The maximum absolute atomic E-state index is 11.1. The summed E-state index contributed by atoms with van der Waals surface area (Å²) in [4.78, 5) is 29.1. The van der Waals surface area contributed by atoms with Crippen molar-refractivity contribution in [3.63, 3.8) is 0 Å². The van der Waals surface area contributed by atoms with E-state index in [4.69, 9.17) is 5.84 Å². The van der Waals surface area contributed by atoms with Gasteiger partial charge in [0.15, 0.2) is 0 Å². The molecule has 1 aromatic rings. The maximum atomic E-state index is 11.1. The molecule has 1 rings (SSSR count). The van der Waals surface area contributed by atoms with Crippen LogP contribution in [0.4, 0.5) is 17.5 Å². The highest BCUT2D eigenvalue weighted by Gasteiger charge is 2.21. The molecule has 10 nitrogen and oxygen atoms in total. The summed E-state index contributed by atoms with van der Waals surface area (Å²) in [6.07, 6.45) is 0.169. The second-order valence-corrected chi connectivity index (χ2v) is 3.58. The zero-order chi connectivity index (χ0) is 14.4. The van der Waals surface area contributed by atoms with Gasteiger partial charge in [-0.1, -0.05) is 0 Å². The number of rotatable bonds is 6. The summed E-state index contributed by atoms with van der Waals surface area (Å²) < 4.78 is 0. The number of nitrogens with zero attached hydrogens (tertiary/aromatic N) is 3. The Hall–Kier alpha value is -2.49. The van der Waals surface area contributed by atoms with Crippen molar-refractivity contribution in [1.29, 1.82) is 0 Å². The number of nitro groups is 1. The first-order chi connectivity index (χ1) is 8.99. The van der Waals surface area contributed by atoms with Crippen molar-refractivity contribution in [1.82, 2.24) is 15.3 Å². The van der Waals surface area contributed by atoms with Gasteiger partial charge >= 0.3 is 5.69 Å². The topological polar surface area (TPSA) is 148 Å². The Morgan fingerprint density at radius 3 is 2.68 bits per heavy atom. The Labute approximate surface area is 108 Å². The van der Waals surface area contributed by atoms with E-state index in [9.17, 15) is 14.9 Å². The first-order valence-electron chi connectivity index (χ1n) is 5.43. The van der Waals surface area contributed by atoms with Gasteiger partial charge in [0, 0.05) is 20.0 Å². The molecular weight excluding hydrogens is 254 g/mol. The summed E-state index contributed by atoms with van der Waals surface area (Å²) in [5, 5.41) is 16.1. The average molecular weight is 269 g/mol. The fourth-order valence-electron chi connectivity index (χ4n) is 1.39. The number of nitrogen functional groups attached to an aromatic ring is 1. The molecular formula is C9H15N7O3. The molecule has 104 valence electrons. The molecule has 0 spiro atoms. The number of carbonyl (C=O) groups is 1. The van der Waals surface area contributed by atoms with Gasteiger partial charge in [0.1, 0.15) is 5.69 Å². The van der Waals surface area contributed by atoms with E-state index in [1.165, 1.54) is 14.0 Å². The molecule has 0 unspecified atom stereocenters. The van der Waals surface area contributed by atoms with E-state index < -0.39 is 4.92 Å². The average Bonchev–Trinajstić information content (AvgIpc) is 2.37. The maximum Gasteiger partial charge on any atom is 0.332 e. The lowest BCUT2D eigenvalue weighted by molar-refractivity contribution is -0.385. The van der Waals surface area contributed by atoms with Crippen molar-refractivity contribution in [2.75, 3.05) is 24.3 Å². The number of hydrazine groups is 1. The van der Waals surface area contributed by atoms with Gasteiger partial charge in [-0.05, 0) is 6.92 Å². The molecule has 0 saturated carbocycles. The molecule has 1 aromatic heterocycles. The molecule has 0 fully saturated rings. The summed E-state index contributed by atoms with van der Waals surface area (Å²) in [7, 11) is 1.51. The quantitative estimate of drug-likeness (QED) is 0.307. The molecule has 0 bridgehead atoms. The highest BCUT2D eigenvalue weighted by molar-refractivity contribution is 5.76. The number of amides is 1. The van der Waals surface area contributed by atoms with Gasteiger partial charge < -0.3 is 10.6 Å². The Balaban J connectivity index is 2.93. The summed E-state index contributed by atoms with van der Waals surface area (Å²) >= 11 is 0. The normalized spacial score (nSPS) is 9.84. The number of nitrogens with one attached hydrogen (secondary N) is 3. The van der Waals surface area contributed by atoms with Crippen LogP contribution in [-0.2, 0) is 4.79 Å². The standard InChI is InChI=1S/C9H15N7O3/c1-5-7(16(18)19)8(14-9(13-5)15-10)12-4-3-6(17)11-2/h3-4,10H2,1-2H3,(H,11,17)(H2,12,13,14,15). The van der Waals surface area contributed by atoms with Gasteiger partial charge in [0.2, 0.25) is 17.7 Å². The third-order valence-corrected chi connectivity index (χ3v) is 2.29. The molecule has 0 radical (unpaired) electrons. The van der Waals surface area contributed by atoms with E-state index in [1.807, 2.05) is 0 Å². The molecule has 0 saturated heterocycles. The predicted molar refractivity (Wildman–Crippen MR) is 68.4 cm³/mol. The third-order valence-electron chi connectivity index (χ3n) is 2.29. The summed E-state index contributed by atoms with van der Waals surface area (Å²) in [5.41, 5.74) is 2.16. The zero-order valence-corrected chi connectivity index (χ0v) is 10.6. The molecule has 1 heterocycles. The van der Waals surface area contributed by atoms with Crippen molar-refractivity contribution >= 4 is 23.4 Å². The molecule has 0 atom stereocenters. The highest BCUT2D eigenvalue weighted by Crippen LogP contribution is 2.26. The van der Waals surface area contributed by atoms with Crippen LogP contribution in [-0.4, -0.2) is 34.4 Å². The van der Waals surface area contributed by atoms with Crippen LogP contribution >= 0.6 is 0 Å². The monoisotopic (exact) mass is 269 g/mol. The first kappa shape index (κ1) is 14.6. The van der Waals surface area contributed by atoms with Gasteiger partial charge in [-0.2, -0.15) is 4.98 Å². The van der Waals surface area contributed by atoms with Crippen molar-refractivity contribution in [3.8, 4) is 0 Å². The van der Waals surface area contributed by atoms with Gasteiger partial charge in [-0.3, -0.25) is 20.3 Å².